The first-order chi connectivity index (χ1) is 9.65. The minimum absolute atomic E-state index is 0.108. The van der Waals surface area contributed by atoms with Crippen LogP contribution in [0.2, 0.25) is 0 Å². The van der Waals surface area contributed by atoms with Gasteiger partial charge in [-0.1, -0.05) is 6.07 Å². The Morgan fingerprint density at radius 3 is 2.40 bits per heavy atom. The number of ether oxygens (including phenoxy) is 1. The van der Waals surface area contributed by atoms with Crippen molar-refractivity contribution in [1.82, 2.24) is 4.98 Å². The van der Waals surface area contributed by atoms with E-state index in [2.05, 4.69) is 16.0 Å². The van der Waals surface area contributed by atoms with E-state index in [4.69, 9.17) is 10.5 Å². The monoisotopic (exact) mass is 271 g/mol. The van der Waals surface area contributed by atoms with Gasteiger partial charge < -0.3 is 15.4 Å². The lowest BCUT2D eigenvalue weighted by Gasteiger charge is -2.29. The quantitative estimate of drug-likeness (QED) is 0.908. The van der Waals surface area contributed by atoms with Gasteiger partial charge in [-0.15, -0.1) is 0 Å². The van der Waals surface area contributed by atoms with Gasteiger partial charge in [-0.3, -0.25) is 4.98 Å². The van der Waals surface area contributed by atoms with Gasteiger partial charge in [-0.05, 0) is 42.8 Å². The summed E-state index contributed by atoms with van der Waals surface area (Å²) in [7, 11) is 3.71. The normalized spacial score (nSPS) is 12.0. The third-order valence-electron chi connectivity index (χ3n) is 3.49. The molecule has 2 rings (SSSR count). The first-order valence-electron chi connectivity index (χ1n) is 6.65. The van der Waals surface area contributed by atoms with Gasteiger partial charge in [0.05, 0.1) is 13.2 Å². The second-order valence-corrected chi connectivity index (χ2v) is 4.79. The first kappa shape index (κ1) is 14.3. The van der Waals surface area contributed by atoms with E-state index < -0.39 is 0 Å². The highest BCUT2D eigenvalue weighted by Gasteiger charge is 2.16. The number of rotatable bonds is 5. The molecule has 0 saturated carbocycles. The minimum atomic E-state index is 0.108. The molecule has 1 aromatic heterocycles. The van der Waals surface area contributed by atoms with Gasteiger partial charge in [-0.2, -0.15) is 0 Å². The smallest absolute Gasteiger partial charge is 0.119 e. The van der Waals surface area contributed by atoms with Gasteiger partial charge >= 0.3 is 0 Å². The Balaban J connectivity index is 2.23. The number of nitrogens with zero attached hydrogens (tertiary/aromatic N) is 2. The Labute approximate surface area is 120 Å². The number of aryl methyl sites for hydroxylation is 1. The summed E-state index contributed by atoms with van der Waals surface area (Å²) in [5.74, 6) is 0.850. The maximum Gasteiger partial charge on any atom is 0.119 e. The van der Waals surface area contributed by atoms with Crippen LogP contribution in [0.5, 0.6) is 5.75 Å². The molecular formula is C16H21N3O. The number of aromatic nitrogens is 1. The molecular weight excluding hydrogens is 250 g/mol. The molecule has 2 N–H and O–H groups in total. The molecule has 0 aliphatic carbocycles. The van der Waals surface area contributed by atoms with Gasteiger partial charge in [0, 0.05) is 31.2 Å². The zero-order valence-electron chi connectivity index (χ0n) is 12.2. The van der Waals surface area contributed by atoms with Crippen LogP contribution in [-0.2, 0) is 0 Å². The molecule has 0 saturated heterocycles. The van der Waals surface area contributed by atoms with E-state index in [-0.39, 0.29) is 6.04 Å². The topological polar surface area (TPSA) is 51.4 Å². The fourth-order valence-corrected chi connectivity index (χ4v) is 2.19. The van der Waals surface area contributed by atoms with Crippen molar-refractivity contribution in [2.45, 2.75) is 13.0 Å². The zero-order valence-corrected chi connectivity index (χ0v) is 12.2. The second-order valence-electron chi connectivity index (χ2n) is 4.79. The molecule has 106 valence electrons. The fourth-order valence-electron chi connectivity index (χ4n) is 2.19. The number of hydrogen-bond donors (Lipinski definition) is 1. The minimum Gasteiger partial charge on any atom is -0.497 e. The van der Waals surface area contributed by atoms with E-state index in [0.717, 1.165) is 22.7 Å². The maximum absolute atomic E-state index is 5.94. The third-order valence-corrected chi connectivity index (χ3v) is 3.49. The summed E-state index contributed by atoms with van der Waals surface area (Å²) in [5.41, 5.74) is 9.17. The van der Waals surface area contributed by atoms with Crippen molar-refractivity contribution in [3.63, 3.8) is 0 Å². The average Bonchev–Trinajstić information content (AvgIpc) is 2.50. The van der Waals surface area contributed by atoms with Crippen molar-refractivity contribution in [3.8, 4) is 5.75 Å². The predicted octanol–water partition coefficient (Wildman–Crippen LogP) is 2.53. The highest BCUT2D eigenvalue weighted by molar-refractivity contribution is 5.50. The summed E-state index contributed by atoms with van der Waals surface area (Å²) in [6.45, 7) is 2.52. The van der Waals surface area contributed by atoms with Crippen molar-refractivity contribution in [1.29, 1.82) is 0 Å². The van der Waals surface area contributed by atoms with Crippen LogP contribution < -0.4 is 15.4 Å². The van der Waals surface area contributed by atoms with E-state index in [1.165, 1.54) is 0 Å². The van der Waals surface area contributed by atoms with Crippen molar-refractivity contribution < 1.29 is 4.74 Å². The lowest BCUT2D eigenvalue weighted by atomic mass is 10.1. The molecule has 1 unspecified atom stereocenters. The number of methoxy groups -OCH3 is 1. The summed E-state index contributed by atoms with van der Waals surface area (Å²) in [6.07, 6.45) is 1.90. The largest absolute Gasteiger partial charge is 0.497 e. The van der Waals surface area contributed by atoms with Crippen LogP contribution in [-0.4, -0.2) is 25.7 Å². The van der Waals surface area contributed by atoms with Crippen LogP contribution in [0.25, 0.3) is 0 Å². The van der Waals surface area contributed by atoms with Gasteiger partial charge in [0.1, 0.15) is 5.75 Å². The maximum atomic E-state index is 5.94. The molecule has 1 heterocycles. The summed E-state index contributed by atoms with van der Waals surface area (Å²) in [5, 5.41) is 0. The second kappa shape index (κ2) is 6.39. The molecule has 0 radical (unpaired) electrons. The van der Waals surface area contributed by atoms with Crippen LogP contribution in [0.3, 0.4) is 0 Å². The van der Waals surface area contributed by atoms with Crippen LogP contribution in [0.15, 0.2) is 42.6 Å². The number of hydrogen-bond acceptors (Lipinski definition) is 4. The van der Waals surface area contributed by atoms with Crippen LogP contribution >= 0.6 is 0 Å². The van der Waals surface area contributed by atoms with Gasteiger partial charge in [0.15, 0.2) is 0 Å². The van der Waals surface area contributed by atoms with Gasteiger partial charge in [0.25, 0.3) is 0 Å². The number of anilines is 1. The molecule has 0 amide bonds. The van der Waals surface area contributed by atoms with Crippen molar-refractivity contribution in [2.75, 3.05) is 25.6 Å². The molecule has 0 aliphatic heterocycles. The number of pyridine rings is 1. The lowest BCUT2D eigenvalue weighted by molar-refractivity contribution is 0.415. The van der Waals surface area contributed by atoms with E-state index in [1.54, 1.807) is 7.11 Å². The van der Waals surface area contributed by atoms with Crippen LogP contribution in [0, 0.1) is 6.92 Å². The Kier molecular flexibility index (Phi) is 4.58. The van der Waals surface area contributed by atoms with E-state index >= 15 is 0 Å². The van der Waals surface area contributed by atoms with Gasteiger partial charge in [-0.25, -0.2) is 0 Å². The Hall–Kier alpha value is -2.07. The number of nitrogens with two attached hydrogens (primary N) is 1. The van der Waals surface area contributed by atoms with Crippen molar-refractivity contribution >= 4 is 5.69 Å². The third kappa shape index (κ3) is 3.08. The van der Waals surface area contributed by atoms with Crippen molar-refractivity contribution in [2.24, 2.45) is 5.73 Å². The Morgan fingerprint density at radius 1 is 1.20 bits per heavy atom. The van der Waals surface area contributed by atoms with Crippen LogP contribution in [0.1, 0.15) is 17.3 Å². The molecule has 4 heteroatoms. The molecule has 20 heavy (non-hydrogen) atoms. The molecule has 4 nitrogen and oxygen atoms in total. The van der Waals surface area contributed by atoms with Crippen molar-refractivity contribution in [3.05, 3.63) is 53.9 Å². The molecule has 0 bridgehead atoms. The standard InChI is InChI=1S/C16H21N3O/c1-12-4-5-13(11-18-12)16(10-17)19(2)14-6-8-15(20-3)9-7-14/h4-9,11,16H,10,17H2,1-3H3. The zero-order chi connectivity index (χ0) is 14.5. The molecule has 1 atom stereocenters. The molecule has 0 fully saturated rings. The lowest BCUT2D eigenvalue weighted by Crippen LogP contribution is -2.30. The Morgan fingerprint density at radius 2 is 1.90 bits per heavy atom. The fraction of sp³-hybridized carbons (Fsp3) is 0.312. The first-order valence-corrected chi connectivity index (χ1v) is 6.65. The SMILES string of the molecule is COc1ccc(N(C)C(CN)c2ccc(C)nc2)cc1. The number of likely N-dealkylation sites (N-methyl/N-ethyl adjacent to an activating group) is 1. The highest BCUT2D eigenvalue weighted by atomic mass is 16.5. The molecule has 0 spiro atoms. The molecule has 2 aromatic rings. The Bertz CT molecular complexity index is 537. The van der Waals surface area contributed by atoms with Gasteiger partial charge in [0.2, 0.25) is 0 Å². The summed E-state index contributed by atoms with van der Waals surface area (Å²) >= 11 is 0. The van der Waals surface area contributed by atoms with E-state index in [1.807, 2.05) is 50.5 Å². The van der Waals surface area contributed by atoms with Crippen LogP contribution in [0.4, 0.5) is 5.69 Å². The molecule has 1 aromatic carbocycles. The summed E-state index contributed by atoms with van der Waals surface area (Å²) in [6, 6.07) is 12.2. The number of benzene rings is 1. The summed E-state index contributed by atoms with van der Waals surface area (Å²) < 4.78 is 5.18. The average molecular weight is 271 g/mol. The van der Waals surface area contributed by atoms with E-state index in [9.17, 15) is 0 Å². The van der Waals surface area contributed by atoms with E-state index in [0.29, 0.717) is 6.54 Å². The summed E-state index contributed by atoms with van der Waals surface area (Å²) in [4.78, 5) is 6.51. The predicted molar refractivity (Wildman–Crippen MR) is 82.2 cm³/mol. The highest BCUT2D eigenvalue weighted by Crippen LogP contribution is 2.26. The molecule has 0 aliphatic rings.